The van der Waals surface area contributed by atoms with Crippen molar-refractivity contribution in [3.05, 3.63) is 58.9 Å². The number of carbonyl (C=O) groups is 1. The minimum absolute atomic E-state index is 0.181. The number of nitrogen functional groups attached to an aromatic ring is 1. The normalized spacial score (nSPS) is 13.5. The van der Waals surface area contributed by atoms with Gasteiger partial charge in [0.1, 0.15) is 12.4 Å². The maximum absolute atomic E-state index is 11.2. The van der Waals surface area contributed by atoms with Crippen LogP contribution in [-0.2, 0) is 24.4 Å². The average Bonchev–Trinajstić information content (AvgIpc) is 2.72. The molecule has 4 rings (SSSR count). The molecule has 0 saturated heterocycles. The molecule has 3 aromatic rings. The number of likely N-dealkylation sites (N-methyl/N-ethyl adjacent to an activating group) is 1. The van der Waals surface area contributed by atoms with Crippen LogP contribution < -0.4 is 15.8 Å². The van der Waals surface area contributed by atoms with Gasteiger partial charge in [-0.2, -0.15) is 0 Å². The van der Waals surface area contributed by atoms with Crippen molar-refractivity contribution >= 4 is 17.5 Å². The van der Waals surface area contributed by atoms with Crippen molar-refractivity contribution in [2.75, 3.05) is 24.6 Å². The number of fused-ring (bicyclic) bond motifs is 1. The van der Waals surface area contributed by atoms with Gasteiger partial charge in [-0.1, -0.05) is 0 Å². The van der Waals surface area contributed by atoms with Crippen LogP contribution in [0.4, 0.5) is 11.6 Å². The third kappa shape index (κ3) is 4.80. The summed E-state index contributed by atoms with van der Waals surface area (Å²) < 4.78 is 5.86. The quantitative estimate of drug-likeness (QED) is 0.656. The number of rotatable bonds is 5. The summed E-state index contributed by atoms with van der Waals surface area (Å²) in [7, 11) is 2.14. The van der Waals surface area contributed by atoms with Crippen LogP contribution in [0.25, 0.3) is 11.3 Å². The lowest BCUT2D eigenvalue weighted by atomic mass is 9.92. The van der Waals surface area contributed by atoms with E-state index in [0.29, 0.717) is 5.82 Å². The lowest BCUT2D eigenvalue weighted by Crippen LogP contribution is -2.27. The van der Waals surface area contributed by atoms with E-state index in [1.165, 1.54) is 23.6 Å². The number of nitrogens with one attached hydrogen (secondary N) is 1. The number of hydrogen-bond donors (Lipinski definition) is 2. The van der Waals surface area contributed by atoms with Gasteiger partial charge in [0, 0.05) is 31.8 Å². The zero-order valence-electron chi connectivity index (χ0n) is 18.0. The van der Waals surface area contributed by atoms with E-state index < -0.39 is 0 Å². The first-order chi connectivity index (χ1) is 14.9. The van der Waals surface area contributed by atoms with Gasteiger partial charge in [0.25, 0.3) is 5.88 Å². The predicted octanol–water partition coefficient (Wildman–Crippen LogP) is 2.95. The molecule has 8 nitrogen and oxygen atoms in total. The Bertz CT molecular complexity index is 1130. The molecule has 0 atom stereocenters. The summed E-state index contributed by atoms with van der Waals surface area (Å²) in [6, 6.07) is 7.89. The Hall–Kier alpha value is -3.52. The van der Waals surface area contributed by atoms with Gasteiger partial charge in [0.2, 0.25) is 5.91 Å². The minimum Gasteiger partial charge on any atom is -0.470 e. The number of nitrogens with two attached hydrogens (primary N) is 1. The van der Waals surface area contributed by atoms with Crippen LogP contribution in [-0.4, -0.2) is 39.4 Å². The number of pyridine rings is 1. The van der Waals surface area contributed by atoms with E-state index in [-0.39, 0.29) is 24.2 Å². The highest BCUT2D eigenvalue weighted by molar-refractivity contribution is 5.87. The number of ether oxygens (including phenoxy) is 1. The largest absolute Gasteiger partial charge is 0.470 e. The lowest BCUT2D eigenvalue weighted by molar-refractivity contribution is -0.114. The van der Waals surface area contributed by atoms with Crippen LogP contribution in [0.5, 0.6) is 5.88 Å². The Balaban J connectivity index is 1.56. The van der Waals surface area contributed by atoms with Crippen molar-refractivity contribution < 1.29 is 9.53 Å². The Morgan fingerprint density at radius 3 is 2.94 bits per heavy atom. The van der Waals surface area contributed by atoms with Gasteiger partial charge in [-0.3, -0.25) is 4.79 Å². The zero-order valence-corrected chi connectivity index (χ0v) is 18.0. The highest BCUT2D eigenvalue weighted by Crippen LogP contribution is 2.30. The fourth-order valence-corrected chi connectivity index (χ4v) is 3.80. The van der Waals surface area contributed by atoms with Crippen LogP contribution in [0, 0.1) is 6.92 Å². The molecule has 0 fully saturated rings. The smallest absolute Gasteiger partial charge is 0.258 e. The van der Waals surface area contributed by atoms with E-state index in [9.17, 15) is 4.79 Å². The molecule has 0 aliphatic carbocycles. The summed E-state index contributed by atoms with van der Waals surface area (Å²) in [6.45, 7) is 5.81. The third-order valence-electron chi connectivity index (χ3n) is 5.32. The summed E-state index contributed by atoms with van der Waals surface area (Å²) in [5.41, 5.74) is 12.6. The van der Waals surface area contributed by atoms with Crippen molar-refractivity contribution in [2.45, 2.75) is 33.4 Å². The fraction of sp³-hybridized carbons (Fsp3) is 0.304. The predicted molar refractivity (Wildman–Crippen MR) is 120 cm³/mol. The SMILES string of the molecule is CC(=O)Nc1cc(COc2nc(-c3cc(C)c4c(c3)CN(C)CC4)cnc2N)ccn1. The van der Waals surface area contributed by atoms with Crippen molar-refractivity contribution in [1.82, 2.24) is 19.9 Å². The highest BCUT2D eigenvalue weighted by Gasteiger charge is 2.17. The molecule has 0 bridgehead atoms. The number of aromatic nitrogens is 3. The zero-order chi connectivity index (χ0) is 22.0. The van der Waals surface area contributed by atoms with E-state index >= 15 is 0 Å². The van der Waals surface area contributed by atoms with Crippen LogP contribution in [0.15, 0.2) is 36.7 Å². The summed E-state index contributed by atoms with van der Waals surface area (Å²) in [4.78, 5) is 26.6. The molecule has 3 N–H and O–H groups in total. The van der Waals surface area contributed by atoms with Gasteiger partial charge >= 0.3 is 0 Å². The van der Waals surface area contributed by atoms with Gasteiger partial charge in [-0.15, -0.1) is 0 Å². The first-order valence-corrected chi connectivity index (χ1v) is 10.2. The van der Waals surface area contributed by atoms with E-state index in [1.54, 1.807) is 18.5 Å². The first-order valence-electron chi connectivity index (χ1n) is 10.2. The number of hydrogen-bond acceptors (Lipinski definition) is 7. The number of carbonyl (C=O) groups excluding carboxylic acids is 1. The van der Waals surface area contributed by atoms with Crippen LogP contribution >= 0.6 is 0 Å². The molecule has 0 spiro atoms. The molecule has 8 heteroatoms. The number of nitrogens with zero attached hydrogens (tertiary/aromatic N) is 4. The van der Waals surface area contributed by atoms with Crippen LogP contribution in [0.2, 0.25) is 0 Å². The molecule has 1 aliphatic heterocycles. The summed E-state index contributed by atoms with van der Waals surface area (Å²) in [5.74, 6) is 0.799. The molecule has 3 heterocycles. The number of benzene rings is 1. The third-order valence-corrected chi connectivity index (χ3v) is 5.32. The Morgan fingerprint density at radius 2 is 2.13 bits per heavy atom. The van der Waals surface area contributed by atoms with Crippen LogP contribution in [0.1, 0.15) is 29.2 Å². The van der Waals surface area contributed by atoms with E-state index in [4.69, 9.17) is 10.5 Å². The maximum atomic E-state index is 11.2. The van der Waals surface area contributed by atoms with E-state index in [2.05, 4.69) is 51.3 Å². The molecule has 1 amide bonds. The second-order valence-corrected chi connectivity index (χ2v) is 7.88. The first kappa shape index (κ1) is 20.7. The molecule has 1 aliphatic rings. The molecule has 0 radical (unpaired) electrons. The average molecular weight is 419 g/mol. The van der Waals surface area contributed by atoms with Gasteiger partial charge in [0.15, 0.2) is 5.82 Å². The molecule has 160 valence electrons. The second kappa shape index (κ2) is 8.69. The van der Waals surface area contributed by atoms with Gasteiger partial charge < -0.3 is 20.7 Å². The molecule has 0 saturated carbocycles. The molecular formula is C23H26N6O2. The minimum atomic E-state index is -0.181. The van der Waals surface area contributed by atoms with Gasteiger partial charge in [0.05, 0.1) is 11.9 Å². The molecule has 31 heavy (non-hydrogen) atoms. The molecular weight excluding hydrogens is 392 g/mol. The van der Waals surface area contributed by atoms with Gasteiger partial charge in [-0.25, -0.2) is 15.0 Å². The Kier molecular flexibility index (Phi) is 5.81. The number of amides is 1. The van der Waals surface area contributed by atoms with Crippen molar-refractivity contribution in [1.29, 1.82) is 0 Å². The van der Waals surface area contributed by atoms with E-state index in [0.717, 1.165) is 36.3 Å². The summed E-state index contributed by atoms with van der Waals surface area (Å²) >= 11 is 0. The van der Waals surface area contributed by atoms with E-state index in [1.807, 2.05) is 6.07 Å². The standard InChI is InChI=1S/C23H26N6O2/c1-14-8-17(10-18-12-29(3)7-5-19(14)18)20-11-26-22(24)23(28-20)31-13-16-4-6-25-21(9-16)27-15(2)30/h4,6,8-11H,5,7,12-13H2,1-3H3,(H2,24,26)(H,25,27,30). The fourth-order valence-electron chi connectivity index (χ4n) is 3.80. The maximum Gasteiger partial charge on any atom is 0.258 e. The topological polar surface area (TPSA) is 106 Å². The second-order valence-electron chi connectivity index (χ2n) is 7.88. The van der Waals surface area contributed by atoms with Crippen LogP contribution in [0.3, 0.4) is 0 Å². The lowest BCUT2D eigenvalue weighted by Gasteiger charge is -2.27. The number of anilines is 2. The molecule has 0 unspecified atom stereocenters. The molecule has 2 aromatic heterocycles. The Morgan fingerprint density at radius 1 is 1.29 bits per heavy atom. The van der Waals surface area contributed by atoms with Crippen molar-refractivity contribution in [2.24, 2.45) is 0 Å². The molecule has 1 aromatic carbocycles. The monoisotopic (exact) mass is 418 g/mol. The summed E-state index contributed by atoms with van der Waals surface area (Å²) in [6.07, 6.45) is 4.35. The number of aryl methyl sites for hydroxylation is 1. The van der Waals surface area contributed by atoms with Crippen molar-refractivity contribution in [3.8, 4) is 17.1 Å². The summed E-state index contributed by atoms with van der Waals surface area (Å²) in [5, 5.41) is 2.66. The Labute approximate surface area is 181 Å². The van der Waals surface area contributed by atoms with Gasteiger partial charge in [-0.05, 0) is 66.9 Å². The van der Waals surface area contributed by atoms with Crippen molar-refractivity contribution in [3.63, 3.8) is 0 Å². The highest BCUT2D eigenvalue weighted by atomic mass is 16.5.